The normalized spacial score (nSPS) is 13.5. The van der Waals surface area contributed by atoms with E-state index in [0.29, 0.717) is 11.4 Å². The van der Waals surface area contributed by atoms with E-state index in [9.17, 15) is 8.42 Å². The van der Waals surface area contributed by atoms with E-state index in [2.05, 4.69) is 10.0 Å². The quantitative estimate of drug-likeness (QED) is 0.838. The molecule has 0 spiro atoms. The van der Waals surface area contributed by atoms with Crippen molar-refractivity contribution in [1.82, 2.24) is 10.0 Å². The molecule has 0 heterocycles. The molecule has 1 aromatic carbocycles. The number of rotatable bonds is 6. The van der Waals surface area contributed by atoms with Crippen molar-refractivity contribution in [2.45, 2.75) is 45.6 Å². The van der Waals surface area contributed by atoms with Crippen LogP contribution < -0.4 is 10.0 Å². The van der Waals surface area contributed by atoms with Crippen LogP contribution in [0, 0.1) is 20.8 Å². The summed E-state index contributed by atoms with van der Waals surface area (Å²) in [5.74, 6) is 0. The van der Waals surface area contributed by atoms with Crippen LogP contribution in [0.2, 0.25) is 0 Å². The molecule has 19 heavy (non-hydrogen) atoms. The fourth-order valence-corrected chi connectivity index (χ4v) is 3.90. The summed E-state index contributed by atoms with van der Waals surface area (Å²) in [6.45, 7) is 10.8. The maximum Gasteiger partial charge on any atom is 0.241 e. The van der Waals surface area contributed by atoms with Crippen LogP contribution in [-0.4, -0.2) is 27.5 Å². The molecule has 2 N–H and O–H groups in total. The molecule has 1 aromatic rings. The Morgan fingerprint density at radius 2 is 1.68 bits per heavy atom. The Balaban J connectivity index is 2.95. The molecule has 0 radical (unpaired) electrons. The second kappa shape index (κ2) is 6.50. The summed E-state index contributed by atoms with van der Waals surface area (Å²) < 4.78 is 27.4. The second-order valence-electron chi connectivity index (χ2n) is 5.04. The van der Waals surface area contributed by atoms with Crippen LogP contribution in [0.5, 0.6) is 0 Å². The van der Waals surface area contributed by atoms with E-state index in [4.69, 9.17) is 0 Å². The molecular formula is C14H24N2O2S. The topological polar surface area (TPSA) is 58.2 Å². The van der Waals surface area contributed by atoms with Gasteiger partial charge in [-0.05, 0) is 45.4 Å². The predicted octanol–water partition coefficient (Wildman–Crippen LogP) is 1.89. The highest BCUT2D eigenvalue weighted by atomic mass is 32.2. The van der Waals surface area contributed by atoms with Gasteiger partial charge in [-0.1, -0.05) is 24.6 Å². The smallest absolute Gasteiger partial charge is 0.241 e. The van der Waals surface area contributed by atoms with Gasteiger partial charge in [0.15, 0.2) is 0 Å². The predicted molar refractivity (Wildman–Crippen MR) is 79.0 cm³/mol. The van der Waals surface area contributed by atoms with Crippen LogP contribution in [-0.2, 0) is 10.0 Å². The van der Waals surface area contributed by atoms with Crippen molar-refractivity contribution < 1.29 is 8.42 Å². The molecule has 4 nitrogen and oxygen atoms in total. The number of sulfonamides is 1. The Kier molecular flexibility index (Phi) is 5.52. The number of benzene rings is 1. The third-order valence-corrected chi connectivity index (χ3v) is 4.73. The van der Waals surface area contributed by atoms with Crippen LogP contribution in [0.25, 0.3) is 0 Å². The summed E-state index contributed by atoms with van der Waals surface area (Å²) in [6, 6.07) is 3.91. The number of hydrogen-bond acceptors (Lipinski definition) is 3. The second-order valence-corrected chi connectivity index (χ2v) is 6.74. The third-order valence-electron chi connectivity index (χ3n) is 3.01. The summed E-state index contributed by atoms with van der Waals surface area (Å²) in [5.41, 5.74) is 2.66. The van der Waals surface area contributed by atoms with Crippen LogP contribution in [0.4, 0.5) is 0 Å². The van der Waals surface area contributed by atoms with Crippen LogP contribution in [0.3, 0.4) is 0 Å². The van der Waals surface area contributed by atoms with Crippen molar-refractivity contribution in [3.63, 3.8) is 0 Å². The molecular weight excluding hydrogens is 260 g/mol. The van der Waals surface area contributed by atoms with Gasteiger partial charge in [-0.3, -0.25) is 0 Å². The van der Waals surface area contributed by atoms with Gasteiger partial charge in [0.25, 0.3) is 0 Å². The maximum atomic E-state index is 12.4. The molecule has 0 bridgehead atoms. The standard InChI is InChI=1S/C14H24N2O2S/c1-6-15-13(5)9-16-19(17,18)14-11(3)7-10(2)8-12(14)4/h7-8,13,15-16H,6,9H2,1-5H3/t13-/m1/s1. The Bertz CT molecular complexity index is 515. The van der Waals surface area contributed by atoms with E-state index < -0.39 is 10.0 Å². The Hall–Kier alpha value is -0.910. The van der Waals surface area contributed by atoms with Gasteiger partial charge in [0.2, 0.25) is 10.0 Å². The van der Waals surface area contributed by atoms with Gasteiger partial charge in [-0.15, -0.1) is 0 Å². The fourth-order valence-electron chi connectivity index (χ4n) is 2.32. The average Bonchev–Trinajstić information content (AvgIpc) is 2.25. The van der Waals surface area contributed by atoms with Gasteiger partial charge in [0.05, 0.1) is 4.90 Å². The lowest BCUT2D eigenvalue weighted by molar-refractivity contribution is 0.535. The van der Waals surface area contributed by atoms with E-state index >= 15 is 0 Å². The van der Waals surface area contributed by atoms with Crippen LogP contribution >= 0.6 is 0 Å². The zero-order chi connectivity index (χ0) is 14.6. The molecule has 1 rings (SSSR count). The number of nitrogens with one attached hydrogen (secondary N) is 2. The van der Waals surface area contributed by atoms with Crippen molar-refractivity contribution in [3.8, 4) is 0 Å². The van der Waals surface area contributed by atoms with E-state index in [0.717, 1.165) is 23.2 Å². The highest BCUT2D eigenvalue weighted by Gasteiger charge is 2.20. The van der Waals surface area contributed by atoms with Gasteiger partial charge in [0.1, 0.15) is 0 Å². The Labute approximate surface area is 116 Å². The summed E-state index contributed by atoms with van der Waals surface area (Å²) >= 11 is 0. The highest BCUT2D eigenvalue weighted by molar-refractivity contribution is 7.89. The van der Waals surface area contributed by atoms with Gasteiger partial charge in [0, 0.05) is 12.6 Å². The molecule has 0 aliphatic carbocycles. The summed E-state index contributed by atoms with van der Waals surface area (Å²) in [7, 11) is -3.44. The van der Waals surface area contributed by atoms with E-state index in [1.165, 1.54) is 0 Å². The Morgan fingerprint density at radius 1 is 1.16 bits per heavy atom. The van der Waals surface area contributed by atoms with Gasteiger partial charge >= 0.3 is 0 Å². The van der Waals surface area contributed by atoms with Crippen molar-refractivity contribution in [3.05, 3.63) is 28.8 Å². The van der Waals surface area contributed by atoms with Crippen LogP contribution in [0.1, 0.15) is 30.5 Å². The zero-order valence-electron chi connectivity index (χ0n) is 12.4. The number of hydrogen-bond donors (Lipinski definition) is 2. The van der Waals surface area contributed by atoms with Gasteiger partial charge < -0.3 is 5.32 Å². The SMILES string of the molecule is CCN[C@H](C)CNS(=O)(=O)c1c(C)cc(C)cc1C. The minimum Gasteiger partial charge on any atom is -0.313 e. The van der Waals surface area contributed by atoms with E-state index in [1.807, 2.05) is 46.8 Å². The minimum atomic E-state index is -3.44. The maximum absolute atomic E-state index is 12.4. The van der Waals surface area contributed by atoms with Crippen LogP contribution in [0.15, 0.2) is 17.0 Å². The van der Waals surface area contributed by atoms with Crippen molar-refractivity contribution >= 4 is 10.0 Å². The average molecular weight is 284 g/mol. The summed E-state index contributed by atoms with van der Waals surface area (Å²) in [4.78, 5) is 0.404. The molecule has 0 saturated carbocycles. The number of aryl methyl sites for hydroxylation is 3. The van der Waals surface area contributed by atoms with E-state index in [-0.39, 0.29) is 6.04 Å². The molecule has 0 aliphatic rings. The molecule has 0 saturated heterocycles. The number of likely N-dealkylation sites (N-methyl/N-ethyl adjacent to an activating group) is 1. The van der Waals surface area contributed by atoms with Crippen molar-refractivity contribution in [2.75, 3.05) is 13.1 Å². The minimum absolute atomic E-state index is 0.117. The molecule has 0 aromatic heterocycles. The van der Waals surface area contributed by atoms with Crippen molar-refractivity contribution in [2.24, 2.45) is 0 Å². The first-order valence-corrected chi connectivity index (χ1v) is 8.07. The van der Waals surface area contributed by atoms with Gasteiger partial charge in [-0.2, -0.15) is 0 Å². The molecule has 5 heteroatoms. The molecule has 0 amide bonds. The summed E-state index contributed by atoms with van der Waals surface area (Å²) in [6.07, 6.45) is 0. The largest absolute Gasteiger partial charge is 0.313 e. The lowest BCUT2D eigenvalue weighted by atomic mass is 10.1. The highest BCUT2D eigenvalue weighted by Crippen LogP contribution is 2.21. The third kappa shape index (κ3) is 4.30. The fraction of sp³-hybridized carbons (Fsp3) is 0.571. The first-order chi connectivity index (χ1) is 8.77. The summed E-state index contributed by atoms with van der Waals surface area (Å²) in [5, 5.41) is 3.18. The first-order valence-electron chi connectivity index (χ1n) is 6.58. The lowest BCUT2D eigenvalue weighted by Gasteiger charge is -2.16. The zero-order valence-corrected chi connectivity index (χ0v) is 13.2. The first kappa shape index (κ1) is 16.1. The molecule has 108 valence electrons. The molecule has 0 aliphatic heterocycles. The molecule has 0 unspecified atom stereocenters. The van der Waals surface area contributed by atoms with Crippen molar-refractivity contribution in [1.29, 1.82) is 0 Å². The van der Waals surface area contributed by atoms with Gasteiger partial charge in [-0.25, -0.2) is 13.1 Å². The monoisotopic (exact) mass is 284 g/mol. The lowest BCUT2D eigenvalue weighted by Crippen LogP contribution is -2.39. The Morgan fingerprint density at radius 3 is 2.16 bits per heavy atom. The molecule has 0 fully saturated rings. The molecule has 1 atom stereocenters. The van der Waals surface area contributed by atoms with E-state index in [1.54, 1.807) is 0 Å².